The van der Waals surface area contributed by atoms with Crippen LogP contribution in [0.25, 0.3) is 6.08 Å². The van der Waals surface area contributed by atoms with Crippen molar-refractivity contribution in [3.8, 4) is 11.5 Å². The first kappa shape index (κ1) is 29.3. The van der Waals surface area contributed by atoms with Crippen molar-refractivity contribution in [2.45, 2.75) is 75.2 Å². The largest absolute Gasteiger partial charge is 0.508 e. The minimum absolute atomic E-state index is 0.327. The molecule has 32 heavy (non-hydrogen) atoms. The summed E-state index contributed by atoms with van der Waals surface area (Å²) in [6, 6.07) is 7.79. The molecule has 1 N–H and O–H groups in total. The maximum absolute atomic E-state index is 9.61. The first-order valence-electron chi connectivity index (χ1n) is 11.5. The van der Waals surface area contributed by atoms with Gasteiger partial charge in [0.1, 0.15) is 11.5 Å². The number of allylic oxidation sites excluding steroid dienone is 4. The van der Waals surface area contributed by atoms with Crippen LogP contribution in [0.1, 0.15) is 74.9 Å². The van der Waals surface area contributed by atoms with E-state index in [0.29, 0.717) is 5.75 Å². The molecule has 0 aliphatic carbocycles. The van der Waals surface area contributed by atoms with Gasteiger partial charge in [-0.1, -0.05) is 61.9 Å². The number of hydrogen-bond acceptors (Lipinski definition) is 2. The highest BCUT2D eigenvalue weighted by Gasteiger charge is 2.08. The van der Waals surface area contributed by atoms with Crippen LogP contribution in [-0.2, 0) is 12.8 Å². The van der Waals surface area contributed by atoms with Crippen molar-refractivity contribution >= 4 is 6.08 Å². The number of aryl methyl sites for hydroxylation is 1. The van der Waals surface area contributed by atoms with Gasteiger partial charge >= 0.3 is 0 Å². The molecule has 0 saturated carbocycles. The summed E-state index contributed by atoms with van der Waals surface area (Å²) in [6.45, 7) is 22.5. The zero-order chi connectivity index (χ0) is 24.8. The molecule has 0 aromatic heterocycles. The number of methoxy groups -OCH3 is 1. The third-order valence-corrected chi connectivity index (χ3v) is 5.27. The molecule has 2 rings (SSSR count). The second-order valence-corrected chi connectivity index (χ2v) is 8.14. The van der Waals surface area contributed by atoms with Gasteiger partial charge in [-0.3, -0.25) is 0 Å². The van der Waals surface area contributed by atoms with Crippen molar-refractivity contribution in [2.24, 2.45) is 0 Å². The monoisotopic (exact) mass is 436 g/mol. The van der Waals surface area contributed by atoms with Crippen LogP contribution < -0.4 is 4.74 Å². The first-order chi connectivity index (χ1) is 15.1. The topological polar surface area (TPSA) is 29.5 Å². The Balaban J connectivity index is 0.000000557. The van der Waals surface area contributed by atoms with Crippen molar-refractivity contribution < 1.29 is 9.84 Å². The average Bonchev–Trinajstić information content (AvgIpc) is 2.76. The van der Waals surface area contributed by atoms with E-state index in [1.165, 1.54) is 33.4 Å². The highest BCUT2D eigenvalue weighted by Crippen LogP contribution is 2.29. The van der Waals surface area contributed by atoms with E-state index < -0.39 is 0 Å². The molecule has 2 heteroatoms. The van der Waals surface area contributed by atoms with Crippen molar-refractivity contribution in [3.63, 3.8) is 0 Å². The van der Waals surface area contributed by atoms with Gasteiger partial charge in [-0.15, -0.1) is 0 Å². The zero-order valence-corrected chi connectivity index (χ0v) is 22.0. The van der Waals surface area contributed by atoms with Gasteiger partial charge in [0.25, 0.3) is 0 Å². The second-order valence-electron chi connectivity index (χ2n) is 8.14. The summed E-state index contributed by atoms with van der Waals surface area (Å²) in [5.74, 6) is 1.16. The Bertz CT molecular complexity index is 922. The van der Waals surface area contributed by atoms with Gasteiger partial charge in [-0.05, 0) is 101 Å². The summed E-state index contributed by atoms with van der Waals surface area (Å²) in [5.41, 5.74) is 10.0. The summed E-state index contributed by atoms with van der Waals surface area (Å²) in [6.07, 6.45) is 8.17. The van der Waals surface area contributed by atoms with Crippen LogP contribution in [0.4, 0.5) is 0 Å². The molecule has 2 nitrogen and oxygen atoms in total. The molecule has 0 atom stereocenters. The first-order valence-corrected chi connectivity index (χ1v) is 11.5. The van der Waals surface area contributed by atoms with Gasteiger partial charge in [0.2, 0.25) is 0 Å². The normalized spacial score (nSPS) is 9.44. The number of ether oxygens (including phenoxy) is 1. The van der Waals surface area contributed by atoms with E-state index >= 15 is 0 Å². The van der Waals surface area contributed by atoms with E-state index in [1.807, 2.05) is 26.8 Å². The molecule has 0 bridgehead atoms. The van der Waals surface area contributed by atoms with Crippen LogP contribution in [0.15, 0.2) is 54.1 Å². The molecule has 0 radical (unpaired) electrons. The fourth-order valence-corrected chi connectivity index (χ4v) is 3.22. The van der Waals surface area contributed by atoms with E-state index in [4.69, 9.17) is 4.74 Å². The number of aromatic hydroxyl groups is 1. The summed E-state index contributed by atoms with van der Waals surface area (Å²) >= 11 is 0. The lowest BCUT2D eigenvalue weighted by Gasteiger charge is -2.11. The zero-order valence-electron chi connectivity index (χ0n) is 22.0. The SMILES string of the molecule is C=Cc1ccc(C)c(CC=C(C)C)c1C.CC.COc1ccc(O)c(C)c1CC=C(C)C. The number of benzene rings is 2. The fraction of sp³-hybridized carbons (Fsp3) is 0.400. The summed E-state index contributed by atoms with van der Waals surface area (Å²) in [7, 11) is 1.65. The van der Waals surface area contributed by atoms with Crippen LogP contribution in [-0.4, -0.2) is 12.2 Å². The Morgan fingerprint density at radius 1 is 0.844 bits per heavy atom. The van der Waals surface area contributed by atoms with Crippen LogP contribution in [0.3, 0.4) is 0 Å². The summed E-state index contributed by atoms with van der Waals surface area (Å²) in [4.78, 5) is 0. The predicted octanol–water partition coefficient (Wildman–Crippen LogP) is 8.70. The average molecular weight is 437 g/mol. The molecular formula is C30H44O2. The van der Waals surface area contributed by atoms with E-state index in [2.05, 4.69) is 72.4 Å². The van der Waals surface area contributed by atoms with E-state index in [1.54, 1.807) is 19.2 Å². The Labute approximate surface area is 197 Å². The van der Waals surface area contributed by atoms with Gasteiger partial charge in [0.15, 0.2) is 0 Å². The molecule has 0 amide bonds. The molecule has 0 fully saturated rings. The van der Waals surface area contributed by atoms with Gasteiger partial charge in [-0.25, -0.2) is 0 Å². The summed E-state index contributed by atoms with van der Waals surface area (Å²) in [5, 5.41) is 9.61. The van der Waals surface area contributed by atoms with E-state index in [-0.39, 0.29) is 0 Å². The van der Waals surface area contributed by atoms with Crippen molar-refractivity contribution in [2.75, 3.05) is 7.11 Å². The Hall–Kier alpha value is -2.74. The lowest BCUT2D eigenvalue weighted by Crippen LogP contribution is -1.95. The molecule has 176 valence electrons. The third-order valence-electron chi connectivity index (χ3n) is 5.27. The predicted molar refractivity (Wildman–Crippen MR) is 143 cm³/mol. The molecule has 0 spiro atoms. The van der Waals surface area contributed by atoms with Crippen LogP contribution in [0, 0.1) is 20.8 Å². The molecule has 2 aromatic rings. The lowest BCUT2D eigenvalue weighted by molar-refractivity contribution is 0.406. The number of hydrogen-bond donors (Lipinski definition) is 1. The Kier molecular flexibility index (Phi) is 13.8. The van der Waals surface area contributed by atoms with Crippen molar-refractivity contribution in [3.05, 3.63) is 87.5 Å². The van der Waals surface area contributed by atoms with Gasteiger partial charge in [0.05, 0.1) is 7.11 Å². The minimum atomic E-state index is 0.327. The van der Waals surface area contributed by atoms with Crippen LogP contribution in [0.5, 0.6) is 11.5 Å². The standard InChI is InChI=1S/C15H20.C13H18O2.C2H6/c1-6-14-9-8-12(4)15(13(14)5)10-7-11(2)3;1-9(2)5-6-11-10(3)12(14)7-8-13(11)15-4;1-2/h6-9H,1,10H2,2-5H3;5,7-8,14H,6H2,1-4H3;1-2H3. The second kappa shape index (κ2) is 15.1. The highest BCUT2D eigenvalue weighted by atomic mass is 16.5. The third kappa shape index (κ3) is 9.18. The van der Waals surface area contributed by atoms with Crippen LogP contribution >= 0.6 is 0 Å². The minimum Gasteiger partial charge on any atom is -0.508 e. The molecule has 0 aliphatic rings. The number of phenols is 1. The highest BCUT2D eigenvalue weighted by molar-refractivity contribution is 5.56. The number of phenolic OH excluding ortho intramolecular Hbond substituents is 1. The maximum Gasteiger partial charge on any atom is 0.122 e. The van der Waals surface area contributed by atoms with Crippen molar-refractivity contribution in [1.82, 2.24) is 0 Å². The Morgan fingerprint density at radius 3 is 1.84 bits per heavy atom. The van der Waals surface area contributed by atoms with E-state index in [0.717, 1.165) is 29.7 Å². The van der Waals surface area contributed by atoms with Crippen LogP contribution in [0.2, 0.25) is 0 Å². The number of rotatable bonds is 6. The maximum atomic E-state index is 9.61. The summed E-state index contributed by atoms with van der Waals surface area (Å²) < 4.78 is 5.27. The molecule has 0 saturated heterocycles. The van der Waals surface area contributed by atoms with Gasteiger partial charge < -0.3 is 9.84 Å². The molecule has 0 aliphatic heterocycles. The van der Waals surface area contributed by atoms with Gasteiger partial charge in [0, 0.05) is 5.56 Å². The Morgan fingerprint density at radius 2 is 1.38 bits per heavy atom. The lowest BCUT2D eigenvalue weighted by atomic mass is 9.95. The molecule has 2 aromatic carbocycles. The fourth-order valence-electron chi connectivity index (χ4n) is 3.22. The van der Waals surface area contributed by atoms with E-state index in [9.17, 15) is 5.11 Å². The van der Waals surface area contributed by atoms with Crippen molar-refractivity contribution in [1.29, 1.82) is 0 Å². The smallest absolute Gasteiger partial charge is 0.122 e. The molecular weight excluding hydrogens is 392 g/mol. The molecule has 0 unspecified atom stereocenters. The molecule has 0 heterocycles. The van der Waals surface area contributed by atoms with Gasteiger partial charge in [-0.2, -0.15) is 0 Å². The quantitative estimate of drug-likeness (QED) is 0.459.